The van der Waals surface area contributed by atoms with Gasteiger partial charge in [-0.3, -0.25) is 4.79 Å². The second kappa shape index (κ2) is 10.0. The predicted molar refractivity (Wildman–Crippen MR) is 122 cm³/mol. The van der Waals surface area contributed by atoms with Crippen LogP contribution in [0.15, 0.2) is 20.9 Å². The van der Waals surface area contributed by atoms with Gasteiger partial charge in [-0.05, 0) is 46.5 Å². The number of carbonyl (C=O) groups is 3. The summed E-state index contributed by atoms with van der Waals surface area (Å²) in [5.74, 6) is -2.43. The minimum Gasteiger partial charge on any atom is -0.476 e. The quantitative estimate of drug-likeness (QED) is 0.328. The topological polar surface area (TPSA) is 127 Å². The van der Waals surface area contributed by atoms with Crippen molar-refractivity contribution in [1.29, 1.82) is 0 Å². The molecule has 0 aromatic rings. The van der Waals surface area contributed by atoms with E-state index < -0.39 is 28.9 Å². The molecule has 0 aromatic carbocycles. The molecule has 0 fully saturated rings. The van der Waals surface area contributed by atoms with E-state index in [4.69, 9.17) is 21.2 Å². The van der Waals surface area contributed by atoms with Crippen LogP contribution >= 0.6 is 11.6 Å². The number of aliphatic imine (C=N–C) groups is 1. The molecule has 1 rings (SSSR count). The molecule has 1 aliphatic heterocycles. The van der Waals surface area contributed by atoms with Crippen LogP contribution in [0.3, 0.4) is 0 Å². The third kappa shape index (κ3) is 7.62. The van der Waals surface area contributed by atoms with Crippen molar-refractivity contribution in [3.05, 3.63) is 10.7 Å². The van der Waals surface area contributed by atoms with Crippen LogP contribution in [-0.2, 0) is 24.0 Å². The number of rotatable bonds is 7. The highest BCUT2D eigenvalue weighted by Crippen LogP contribution is 2.30. The standard InChI is InChI=1S/C22H34ClN3O6/c1-10-12(20(2,3)4)17(27)25-14-11-13(23)15(24-14)16(18(28)29)26-32-22(8,9)19(30)31-21(5,6)7/h12H,10-11H2,1-9H3,(H,28,29)(H,24,25,27)/b26-16-. The van der Waals surface area contributed by atoms with Crippen LogP contribution in [0.1, 0.15) is 75.2 Å². The van der Waals surface area contributed by atoms with Gasteiger partial charge in [0.2, 0.25) is 17.2 Å². The number of carboxylic acid groups (broad SMARTS) is 1. The number of hydrogen-bond donors (Lipinski definition) is 2. The summed E-state index contributed by atoms with van der Waals surface area (Å²) in [6.07, 6.45) is 0.678. The molecule has 180 valence electrons. The Morgan fingerprint density at radius 2 is 1.72 bits per heavy atom. The molecule has 0 saturated heterocycles. The number of ether oxygens (including phenoxy) is 1. The Labute approximate surface area is 194 Å². The zero-order valence-corrected chi connectivity index (χ0v) is 21.0. The lowest BCUT2D eigenvalue weighted by molar-refractivity contribution is -0.179. The van der Waals surface area contributed by atoms with Gasteiger partial charge in [0.1, 0.15) is 17.1 Å². The Bertz CT molecular complexity index is 860. The maximum Gasteiger partial charge on any atom is 0.360 e. The Balaban J connectivity index is 3.09. The van der Waals surface area contributed by atoms with E-state index in [1.807, 2.05) is 27.7 Å². The molecule has 32 heavy (non-hydrogen) atoms. The van der Waals surface area contributed by atoms with Gasteiger partial charge >= 0.3 is 11.9 Å². The number of nitrogens with one attached hydrogen (secondary N) is 1. The molecule has 1 aliphatic rings. The van der Waals surface area contributed by atoms with Crippen molar-refractivity contribution in [1.82, 2.24) is 5.32 Å². The molecule has 10 heteroatoms. The predicted octanol–water partition coefficient (Wildman–Crippen LogP) is 4.01. The molecule has 1 amide bonds. The SMILES string of the molecule is CCC(C(=O)NC1=NC(/C(=N/OC(C)(C)C(=O)OC(C)(C)C)C(=O)O)=C(Cl)C1)C(C)(C)C. The van der Waals surface area contributed by atoms with Crippen LogP contribution in [-0.4, -0.2) is 45.7 Å². The minimum absolute atomic E-state index is 0.0466. The van der Waals surface area contributed by atoms with Crippen LogP contribution in [0, 0.1) is 11.3 Å². The number of carbonyl (C=O) groups excluding carboxylic acids is 2. The highest BCUT2D eigenvalue weighted by molar-refractivity contribution is 6.46. The van der Waals surface area contributed by atoms with E-state index >= 15 is 0 Å². The van der Waals surface area contributed by atoms with Crippen LogP contribution in [0.25, 0.3) is 0 Å². The minimum atomic E-state index is -1.55. The van der Waals surface area contributed by atoms with Gasteiger partial charge in [-0.2, -0.15) is 0 Å². The Morgan fingerprint density at radius 1 is 1.16 bits per heavy atom. The van der Waals surface area contributed by atoms with Gasteiger partial charge in [-0.1, -0.05) is 44.5 Å². The maximum absolute atomic E-state index is 12.7. The van der Waals surface area contributed by atoms with Crippen molar-refractivity contribution in [3.8, 4) is 0 Å². The first-order valence-corrected chi connectivity index (χ1v) is 10.8. The summed E-state index contributed by atoms with van der Waals surface area (Å²) in [6, 6.07) is 0. The maximum atomic E-state index is 12.7. The van der Waals surface area contributed by atoms with Gasteiger partial charge in [0.05, 0.1) is 5.03 Å². The molecular formula is C22H34ClN3O6. The number of aliphatic carboxylic acids is 1. The van der Waals surface area contributed by atoms with E-state index in [9.17, 15) is 19.5 Å². The van der Waals surface area contributed by atoms with Crippen molar-refractivity contribution < 1.29 is 29.1 Å². The van der Waals surface area contributed by atoms with Crippen LogP contribution < -0.4 is 5.32 Å². The molecule has 2 N–H and O–H groups in total. The molecular weight excluding hydrogens is 438 g/mol. The molecule has 1 atom stereocenters. The molecule has 0 aromatic heterocycles. The summed E-state index contributed by atoms with van der Waals surface area (Å²) in [5.41, 5.74) is -3.29. The first-order chi connectivity index (χ1) is 14.4. The van der Waals surface area contributed by atoms with E-state index in [1.165, 1.54) is 13.8 Å². The van der Waals surface area contributed by atoms with Crippen LogP contribution in [0.5, 0.6) is 0 Å². The van der Waals surface area contributed by atoms with Crippen molar-refractivity contribution in [2.45, 2.75) is 86.4 Å². The van der Waals surface area contributed by atoms with Crippen molar-refractivity contribution in [2.24, 2.45) is 21.5 Å². The summed E-state index contributed by atoms with van der Waals surface area (Å²) in [5, 5.41) is 16.1. The number of amidine groups is 1. The van der Waals surface area contributed by atoms with Crippen molar-refractivity contribution in [3.63, 3.8) is 0 Å². The van der Waals surface area contributed by atoms with E-state index in [1.54, 1.807) is 20.8 Å². The lowest BCUT2D eigenvalue weighted by Crippen LogP contribution is -2.40. The summed E-state index contributed by atoms with van der Waals surface area (Å²) < 4.78 is 5.27. The fraction of sp³-hybridized carbons (Fsp3) is 0.682. The highest BCUT2D eigenvalue weighted by atomic mass is 35.5. The number of oxime groups is 1. The van der Waals surface area contributed by atoms with Gasteiger partial charge in [-0.25, -0.2) is 14.6 Å². The summed E-state index contributed by atoms with van der Waals surface area (Å²) in [7, 11) is 0. The van der Waals surface area contributed by atoms with E-state index in [0.717, 1.165) is 0 Å². The zero-order valence-electron chi connectivity index (χ0n) is 20.3. The normalized spacial score (nSPS) is 16.4. The zero-order chi connectivity index (χ0) is 25.1. The average molecular weight is 472 g/mol. The fourth-order valence-corrected chi connectivity index (χ4v) is 3.18. The Morgan fingerprint density at radius 3 is 2.16 bits per heavy atom. The second-order valence-electron chi connectivity index (χ2n) is 10.2. The Hall–Kier alpha value is -2.42. The Kier molecular flexibility index (Phi) is 8.65. The molecule has 0 bridgehead atoms. The largest absolute Gasteiger partial charge is 0.476 e. The fourth-order valence-electron chi connectivity index (χ4n) is 2.92. The van der Waals surface area contributed by atoms with Crippen molar-refractivity contribution >= 4 is 41.0 Å². The molecule has 1 heterocycles. The second-order valence-corrected chi connectivity index (χ2v) is 10.6. The van der Waals surface area contributed by atoms with Gasteiger partial charge in [0, 0.05) is 12.3 Å². The summed E-state index contributed by atoms with van der Waals surface area (Å²) in [4.78, 5) is 46.1. The van der Waals surface area contributed by atoms with E-state index in [-0.39, 0.29) is 40.2 Å². The van der Waals surface area contributed by atoms with E-state index in [0.29, 0.717) is 6.42 Å². The molecule has 0 saturated carbocycles. The number of halogens is 1. The molecule has 9 nitrogen and oxygen atoms in total. The number of esters is 1. The lowest BCUT2D eigenvalue weighted by Gasteiger charge is -2.28. The number of nitrogens with zero attached hydrogens (tertiary/aromatic N) is 2. The average Bonchev–Trinajstić information content (AvgIpc) is 2.92. The van der Waals surface area contributed by atoms with E-state index in [2.05, 4.69) is 15.5 Å². The molecule has 0 spiro atoms. The van der Waals surface area contributed by atoms with Crippen LogP contribution in [0.2, 0.25) is 0 Å². The third-order valence-corrected chi connectivity index (χ3v) is 4.86. The number of hydrogen-bond acceptors (Lipinski definition) is 7. The molecule has 0 radical (unpaired) electrons. The van der Waals surface area contributed by atoms with Crippen molar-refractivity contribution in [2.75, 3.05) is 0 Å². The van der Waals surface area contributed by atoms with Crippen LogP contribution in [0.4, 0.5) is 0 Å². The first kappa shape index (κ1) is 27.6. The lowest BCUT2D eigenvalue weighted by atomic mass is 9.78. The smallest absolute Gasteiger partial charge is 0.360 e. The highest BCUT2D eigenvalue weighted by Gasteiger charge is 2.37. The first-order valence-electron chi connectivity index (χ1n) is 10.4. The summed E-state index contributed by atoms with van der Waals surface area (Å²) >= 11 is 6.22. The molecule has 1 unspecified atom stereocenters. The molecule has 0 aliphatic carbocycles. The van der Waals surface area contributed by atoms with Gasteiger partial charge in [-0.15, -0.1) is 0 Å². The monoisotopic (exact) mass is 471 g/mol. The van der Waals surface area contributed by atoms with Gasteiger partial charge < -0.3 is 20.0 Å². The summed E-state index contributed by atoms with van der Waals surface area (Å²) in [6.45, 7) is 15.7. The van der Waals surface area contributed by atoms with Gasteiger partial charge in [0.25, 0.3) is 0 Å². The third-order valence-electron chi connectivity index (χ3n) is 4.55. The van der Waals surface area contributed by atoms with Gasteiger partial charge in [0.15, 0.2) is 0 Å². The number of amides is 1. The number of carboxylic acids is 1.